The Morgan fingerprint density at radius 2 is 1.90 bits per heavy atom. The van der Waals surface area contributed by atoms with Gasteiger partial charge in [-0.05, 0) is 31.5 Å². The number of nitrogens with one attached hydrogen (secondary N) is 1. The molecule has 118 valence electrons. The van der Waals surface area contributed by atoms with Crippen LogP contribution in [0.2, 0.25) is 0 Å². The smallest absolute Gasteiger partial charge is 0.231 e. The molecule has 0 radical (unpaired) electrons. The third-order valence-electron chi connectivity index (χ3n) is 3.68. The number of aliphatic hydroxyl groups excluding tert-OH is 1. The van der Waals surface area contributed by atoms with Gasteiger partial charge in [-0.15, -0.1) is 0 Å². The maximum absolute atomic E-state index is 8.65. The molecule has 0 bridgehead atoms. The van der Waals surface area contributed by atoms with E-state index >= 15 is 0 Å². The standard InChI is InChI=1S/C16H26N2O3/c1-18(10-5-3-2-4-8-17-9-11-19)14-6-7-15-16(12-14)21-13-20-15/h6-7,12,17,19H,2-5,8-11,13H2,1H3. The molecule has 1 aromatic carbocycles. The zero-order valence-electron chi connectivity index (χ0n) is 12.8. The lowest BCUT2D eigenvalue weighted by atomic mass is 10.2. The van der Waals surface area contributed by atoms with Crippen molar-refractivity contribution < 1.29 is 14.6 Å². The zero-order chi connectivity index (χ0) is 14.9. The molecule has 0 aliphatic carbocycles. The van der Waals surface area contributed by atoms with E-state index in [4.69, 9.17) is 14.6 Å². The van der Waals surface area contributed by atoms with Crippen LogP contribution in [0.1, 0.15) is 25.7 Å². The molecule has 0 amide bonds. The number of benzene rings is 1. The van der Waals surface area contributed by atoms with Crippen LogP contribution < -0.4 is 19.7 Å². The van der Waals surface area contributed by atoms with Gasteiger partial charge in [0.15, 0.2) is 11.5 Å². The minimum atomic E-state index is 0.223. The maximum atomic E-state index is 8.65. The summed E-state index contributed by atoms with van der Waals surface area (Å²) in [6, 6.07) is 6.09. The first kappa shape index (κ1) is 15.9. The highest BCUT2D eigenvalue weighted by Gasteiger charge is 2.14. The van der Waals surface area contributed by atoms with Crippen LogP contribution >= 0.6 is 0 Å². The van der Waals surface area contributed by atoms with Gasteiger partial charge in [0.1, 0.15) is 0 Å². The highest BCUT2D eigenvalue weighted by atomic mass is 16.7. The predicted molar refractivity (Wildman–Crippen MR) is 84.3 cm³/mol. The third kappa shape index (κ3) is 5.10. The fourth-order valence-corrected chi connectivity index (χ4v) is 2.41. The number of hydrogen-bond acceptors (Lipinski definition) is 5. The van der Waals surface area contributed by atoms with E-state index in [9.17, 15) is 0 Å². The van der Waals surface area contributed by atoms with E-state index in [1.165, 1.54) is 31.4 Å². The van der Waals surface area contributed by atoms with Crippen molar-refractivity contribution in [1.29, 1.82) is 0 Å². The molecule has 0 fully saturated rings. The molecule has 0 spiro atoms. The highest BCUT2D eigenvalue weighted by molar-refractivity contribution is 5.56. The summed E-state index contributed by atoms with van der Waals surface area (Å²) in [5.41, 5.74) is 1.17. The Morgan fingerprint density at radius 3 is 2.76 bits per heavy atom. The van der Waals surface area contributed by atoms with Crippen molar-refractivity contribution in [2.45, 2.75) is 25.7 Å². The van der Waals surface area contributed by atoms with Gasteiger partial charge in [0.25, 0.3) is 0 Å². The molecule has 21 heavy (non-hydrogen) atoms. The lowest BCUT2D eigenvalue weighted by Crippen LogP contribution is -2.20. The first-order valence-electron chi connectivity index (χ1n) is 7.73. The summed E-state index contributed by atoms with van der Waals surface area (Å²) < 4.78 is 10.7. The molecule has 0 aromatic heterocycles. The van der Waals surface area contributed by atoms with Crippen LogP contribution in [0.25, 0.3) is 0 Å². The Bertz CT molecular complexity index is 426. The van der Waals surface area contributed by atoms with Crippen LogP contribution in [-0.4, -0.2) is 45.2 Å². The van der Waals surface area contributed by atoms with E-state index in [-0.39, 0.29) is 6.61 Å². The van der Waals surface area contributed by atoms with Crippen LogP contribution in [0.4, 0.5) is 5.69 Å². The van der Waals surface area contributed by atoms with E-state index in [1.54, 1.807) is 0 Å². The van der Waals surface area contributed by atoms with Crippen LogP contribution in [-0.2, 0) is 0 Å². The van der Waals surface area contributed by atoms with E-state index in [0.29, 0.717) is 13.3 Å². The monoisotopic (exact) mass is 294 g/mol. The molecule has 0 unspecified atom stereocenters. The summed E-state index contributed by atoms with van der Waals surface area (Å²) >= 11 is 0. The number of ether oxygens (including phenoxy) is 2. The average Bonchev–Trinajstić information content (AvgIpc) is 2.97. The third-order valence-corrected chi connectivity index (χ3v) is 3.68. The number of hydrogen-bond donors (Lipinski definition) is 2. The van der Waals surface area contributed by atoms with Crippen molar-refractivity contribution >= 4 is 5.69 Å². The van der Waals surface area contributed by atoms with E-state index in [2.05, 4.69) is 23.3 Å². The number of nitrogens with zero attached hydrogens (tertiary/aromatic N) is 1. The fourth-order valence-electron chi connectivity index (χ4n) is 2.41. The zero-order valence-corrected chi connectivity index (χ0v) is 12.8. The molecule has 1 aromatic rings. The Labute approximate surface area is 126 Å². The Hall–Kier alpha value is -1.46. The van der Waals surface area contributed by atoms with Crippen LogP contribution in [0.3, 0.4) is 0 Å². The van der Waals surface area contributed by atoms with Crippen molar-refractivity contribution in [3.8, 4) is 11.5 Å². The molecule has 5 nitrogen and oxygen atoms in total. The van der Waals surface area contributed by atoms with Crippen molar-refractivity contribution in [3.63, 3.8) is 0 Å². The second-order valence-electron chi connectivity index (χ2n) is 5.35. The lowest BCUT2D eigenvalue weighted by Gasteiger charge is -2.19. The lowest BCUT2D eigenvalue weighted by molar-refractivity contribution is 0.174. The summed E-state index contributed by atoms with van der Waals surface area (Å²) in [4.78, 5) is 2.26. The second kappa shape index (κ2) is 8.74. The molecule has 1 aliphatic heterocycles. The normalized spacial score (nSPS) is 12.7. The molecule has 0 saturated carbocycles. The van der Waals surface area contributed by atoms with Crippen LogP contribution in [0, 0.1) is 0 Å². The van der Waals surface area contributed by atoms with Crippen molar-refractivity contribution in [2.75, 3.05) is 45.0 Å². The summed E-state index contributed by atoms with van der Waals surface area (Å²) in [7, 11) is 2.11. The Morgan fingerprint density at radius 1 is 1.10 bits per heavy atom. The molecule has 5 heteroatoms. The number of rotatable bonds is 10. The number of anilines is 1. The quantitative estimate of drug-likeness (QED) is 0.646. The number of fused-ring (bicyclic) bond motifs is 1. The molecule has 0 saturated heterocycles. The van der Waals surface area contributed by atoms with Crippen molar-refractivity contribution in [3.05, 3.63) is 18.2 Å². The average molecular weight is 294 g/mol. The summed E-state index contributed by atoms with van der Waals surface area (Å²) in [6.45, 7) is 3.29. The van der Waals surface area contributed by atoms with Gasteiger partial charge in [0, 0.05) is 31.9 Å². The summed E-state index contributed by atoms with van der Waals surface area (Å²) in [6.07, 6.45) is 4.82. The topological polar surface area (TPSA) is 54.0 Å². The van der Waals surface area contributed by atoms with Gasteiger partial charge < -0.3 is 24.8 Å². The van der Waals surface area contributed by atoms with Crippen LogP contribution in [0.5, 0.6) is 11.5 Å². The second-order valence-corrected chi connectivity index (χ2v) is 5.35. The minimum absolute atomic E-state index is 0.223. The first-order chi connectivity index (χ1) is 10.3. The van der Waals surface area contributed by atoms with Gasteiger partial charge in [-0.25, -0.2) is 0 Å². The molecular weight excluding hydrogens is 268 g/mol. The molecular formula is C16H26N2O3. The van der Waals surface area contributed by atoms with Gasteiger partial charge in [-0.1, -0.05) is 12.8 Å². The molecule has 2 rings (SSSR count). The molecule has 1 aliphatic rings. The Kier molecular flexibility index (Phi) is 6.63. The fraction of sp³-hybridized carbons (Fsp3) is 0.625. The highest BCUT2D eigenvalue weighted by Crippen LogP contribution is 2.35. The van der Waals surface area contributed by atoms with Crippen molar-refractivity contribution in [2.24, 2.45) is 0 Å². The van der Waals surface area contributed by atoms with Gasteiger partial charge in [0.05, 0.1) is 6.61 Å². The van der Waals surface area contributed by atoms with Gasteiger partial charge in [-0.2, -0.15) is 0 Å². The van der Waals surface area contributed by atoms with Crippen LogP contribution in [0.15, 0.2) is 18.2 Å². The van der Waals surface area contributed by atoms with E-state index in [1.807, 2.05) is 12.1 Å². The molecule has 1 heterocycles. The number of unbranched alkanes of at least 4 members (excludes halogenated alkanes) is 3. The van der Waals surface area contributed by atoms with Gasteiger partial charge in [-0.3, -0.25) is 0 Å². The van der Waals surface area contributed by atoms with Crippen molar-refractivity contribution in [1.82, 2.24) is 5.32 Å². The Balaban J connectivity index is 1.60. The number of aliphatic hydroxyl groups is 1. The molecule has 0 atom stereocenters. The largest absolute Gasteiger partial charge is 0.454 e. The maximum Gasteiger partial charge on any atom is 0.231 e. The van der Waals surface area contributed by atoms with Gasteiger partial charge >= 0.3 is 0 Å². The minimum Gasteiger partial charge on any atom is -0.454 e. The predicted octanol–water partition coefficient (Wildman–Crippen LogP) is 1.99. The van der Waals surface area contributed by atoms with Gasteiger partial charge in [0.2, 0.25) is 6.79 Å². The van der Waals surface area contributed by atoms with E-state index < -0.39 is 0 Å². The summed E-state index contributed by atoms with van der Waals surface area (Å²) in [5.74, 6) is 1.68. The SMILES string of the molecule is CN(CCCCCCNCCO)c1ccc2c(c1)OCO2. The van der Waals surface area contributed by atoms with E-state index in [0.717, 1.165) is 24.6 Å². The first-order valence-corrected chi connectivity index (χ1v) is 7.73. The summed E-state index contributed by atoms with van der Waals surface area (Å²) in [5, 5.41) is 11.8. The molecule has 2 N–H and O–H groups in total.